The number of nitrogens with zero attached hydrogens (tertiary/aromatic N) is 3. The Bertz CT molecular complexity index is 964. The fraction of sp³-hybridized carbons (Fsp3) is 0.481. The summed E-state index contributed by atoms with van der Waals surface area (Å²) in [6.45, 7) is 11.0. The average molecular weight is 465 g/mol. The van der Waals surface area contributed by atoms with Crippen molar-refractivity contribution >= 4 is 23.4 Å². The van der Waals surface area contributed by atoms with Crippen molar-refractivity contribution in [2.45, 2.75) is 51.8 Å². The topological polar surface area (TPSA) is 65.1 Å². The lowest BCUT2D eigenvalue weighted by Crippen LogP contribution is -2.46. The monoisotopic (exact) mass is 464 g/mol. The van der Waals surface area contributed by atoms with E-state index in [-0.39, 0.29) is 5.91 Å². The number of hydrogen-bond donors (Lipinski definition) is 1. The molecule has 2 aromatic carbocycles. The number of benzene rings is 2. The van der Waals surface area contributed by atoms with Gasteiger partial charge in [-0.15, -0.1) is 0 Å². The molecular formula is C27H36N4O3. The molecule has 0 spiro atoms. The standard InChI is InChI=1S/C27H36N4O3/c1-27(2,3)34-26(33)31-15-7-10-24(31)25(32)28-22-11-13-23(14-12-22)30-18-16-29(17-19-30)20-21-8-5-4-6-9-21/h4-6,8-9,11-14,24H,7,10,15-20H2,1-3H3,(H,28,32)/t24-/m0/s1. The minimum Gasteiger partial charge on any atom is -0.444 e. The van der Waals surface area contributed by atoms with Crippen LogP contribution >= 0.6 is 0 Å². The Labute approximate surface area is 202 Å². The molecular weight excluding hydrogens is 428 g/mol. The number of nitrogens with one attached hydrogen (secondary N) is 1. The van der Waals surface area contributed by atoms with Crippen molar-refractivity contribution in [3.8, 4) is 0 Å². The molecule has 2 heterocycles. The molecule has 0 radical (unpaired) electrons. The number of carbonyl (C=O) groups excluding carboxylic acids is 2. The number of rotatable bonds is 5. The molecule has 2 saturated heterocycles. The van der Waals surface area contributed by atoms with Crippen molar-refractivity contribution in [2.24, 2.45) is 0 Å². The van der Waals surface area contributed by atoms with E-state index >= 15 is 0 Å². The van der Waals surface area contributed by atoms with Crippen molar-refractivity contribution in [3.63, 3.8) is 0 Å². The van der Waals surface area contributed by atoms with Crippen LogP contribution < -0.4 is 10.2 Å². The summed E-state index contributed by atoms with van der Waals surface area (Å²) >= 11 is 0. The molecule has 182 valence electrons. The number of carbonyl (C=O) groups is 2. The van der Waals surface area contributed by atoms with Crippen molar-refractivity contribution in [3.05, 3.63) is 60.2 Å². The molecule has 0 aliphatic carbocycles. The van der Waals surface area contributed by atoms with E-state index in [0.29, 0.717) is 13.0 Å². The highest BCUT2D eigenvalue weighted by Crippen LogP contribution is 2.24. The van der Waals surface area contributed by atoms with Crippen molar-refractivity contribution in [1.82, 2.24) is 9.80 Å². The minimum atomic E-state index is -0.580. The summed E-state index contributed by atoms with van der Waals surface area (Å²) in [7, 11) is 0. The van der Waals surface area contributed by atoms with Gasteiger partial charge in [0, 0.05) is 50.6 Å². The molecule has 34 heavy (non-hydrogen) atoms. The largest absolute Gasteiger partial charge is 0.444 e. The number of ether oxygens (including phenoxy) is 1. The summed E-state index contributed by atoms with van der Waals surface area (Å²) in [6.07, 6.45) is 1.02. The maximum absolute atomic E-state index is 12.9. The Hall–Kier alpha value is -3.06. The van der Waals surface area contributed by atoms with Crippen LogP contribution in [0.2, 0.25) is 0 Å². The van der Waals surface area contributed by atoms with Crippen LogP contribution in [0.5, 0.6) is 0 Å². The maximum Gasteiger partial charge on any atom is 0.410 e. The van der Waals surface area contributed by atoms with Gasteiger partial charge in [0.2, 0.25) is 5.91 Å². The lowest BCUT2D eigenvalue weighted by Gasteiger charge is -2.36. The molecule has 0 saturated carbocycles. The molecule has 2 aromatic rings. The van der Waals surface area contributed by atoms with Gasteiger partial charge >= 0.3 is 6.09 Å². The normalized spacial score (nSPS) is 19.2. The number of likely N-dealkylation sites (tertiary alicyclic amines) is 1. The van der Waals surface area contributed by atoms with Crippen LogP contribution in [0.3, 0.4) is 0 Å². The third kappa shape index (κ3) is 6.29. The first kappa shape index (κ1) is 24.1. The fourth-order valence-electron chi connectivity index (χ4n) is 4.57. The first-order valence-electron chi connectivity index (χ1n) is 12.2. The Morgan fingerprint density at radius 2 is 1.62 bits per heavy atom. The quantitative estimate of drug-likeness (QED) is 0.713. The highest BCUT2D eigenvalue weighted by Gasteiger charge is 2.36. The van der Waals surface area contributed by atoms with E-state index in [4.69, 9.17) is 4.74 Å². The van der Waals surface area contributed by atoms with Crippen LogP contribution in [0.25, 0.3) is 0 Å². The van der Waals surface area contributed by atoms with E-state index < -0.39 is 17.7 Å². The zero-order chi connectivity index (χ0) is 24.1. The van der Waals surface area contributed by atoms with Crippen LogP contribution in [0.1, 0.15) is 39.2 Å². The van der Waals surface area contributed by atoms with E-state index in [0.717, 1.165) is 50.5 Å². The number of piperazine rings is 1. The molecule has 1 atom stereocenters. The molecule has 0 aromatic heterocycles. The number of anilines is 2. The zero-order valence-electron chi connectivity index (χ0n) is 20.5. The fourth-order valence-corrected chi connectivity index (χ4v) is 4.57. The predicted molar refractivity (Wildman–Crippen MR) is 135 cm³/mol. The van der Waals surface area contributed by atoms with Gasteiger partial charge < -0.3 is 15.0 Å². The smallest absolute Gasteiger partial charge is 0.410 e. The molecule has 2 aliphatic rings. The first-order valence-corrected chi connectivity index (χ1v) is 12.2. The molecule has 2 fully saturated rings. The van der Waals surface area contributed by atoms with Gasteiger partial charge in [-0.3, -0.25) is 14.6 Å². The molecule has 2 amide bonds. The molecule has 7 heteroatoms. The lowest BCUT2D eigenvalue weighted by atomic mass is 10.1. The van der Waals surface area contributed by atoms with E-state index in [2.05, 4.69) is 57.6 Å². The molecule has 1 N–H and O–H groups in total. The van der Waals surface area contributed by atoms with Gasteiger partial charge in [-0.1, -0.05) is 30.3 Å². The summed E-state index contributed by atoms with van der Waals surface area (Å²) in [5.74, 6) is -0.161. The van der Waals surface area contributed by atoms with Gasteiger partial charge in [0.05, 0.1) is 0 Å². The molecule has 0 bridgehead atoms. The second kappa shape index (κ2) is 10.5. The van der Waals surface area contributed by atoms with Crippen molar-refractivity contribution in [1.29, 1.82) is 0 Å². The summed E-state index contributed by atoms with van der Waals surface area (Å²) < 4.78 is 5.47. The molecule has 2 aliphatic heterocycles. The highest BCUT2D eigenvalue weighted by molar-refractivity contribution is 5.97. The second-order valence-corrected chi connectivity index (χ2v) is 10.1. The number of hydrogen-bond acceptors (Lipinski definition) is 5. The SMILES string of the molecule is CC(C)(C)OC(=O)N1CCC[C@H]1C(=O)Nc1ccc(N2CCN(Cc3ccccc3)CC2)cc1. The Balaban J connectivity index is 1.28. The van der Waals surface area contributed by atoms with Crippen molar-refractivity contribution in [2.75, 3.05) is 42.9 Å². The molecule has 7 nitrogen and oxygen atoms in total. The minimum absolute atomic E-state index is 0.161. The predicted octanol–water partition coefficient (Wildman–Crippen LogP) is 4.35. The van der Waals surface area contributed by atoms with Gasteiger partial charge in [0.25, 0.3) is 0 Å². The van der Waals surface area contributed by atoms with Gasteiger partial charge in [-0.05, 0) is 63.4 Å². The van der Waals surface area contributed by atoms with E-state index in [1.807, 2.05) is 32.9 Å². The van der Waals surface area contributed by atoms with E-state index in [1.165, 1.54) is 5.56 Å². The van der Waals surface area contributed by atoms with E-state index in [9.17, 15) is 9.59 Å². The highest BCUT2D eigenvalue weighted by atomic mass is 16.6. The van der Waals surface area contributed by atoms with Gasteiger partial charge in [0.15, 0.2) is 0 Å². The Morgan fingerprint density at radius 1 is 0.941 bits per heavy atom. The van der Waals surface area contributed by atoms with Crippen LogP contribution in [0.15, 0.2) is 54.6 Å². The van der Waals surface area contributed by atoms with Crippen LogP contribution in [0, 0.1) is 0 Å². The zero-order valence-corrected chi connectivity index (χ0v) is 20.5. The van der Waals surface area contributed by atoms with Crippen LogP contribution in [-0.2, 0) is 16.1 Å². The second-order valence-electron chi connectivity index (χ2n) is 10.1. The Morgan fingerprint density at radius 3 is 2.26 bits per heavy atom. The summed E-state index contributed by atoms with van der Waals surface area (Å²) in [5, 5.41) is 2.98. The van der Waals surface area contributed by atoms with Crippen LogP contribution in [-0.4, -0.2) is 66.2 Å². The summed E-state index contributed by atoms with van der Waals surface area (Å²) in [4.78, 5) is 31.8. The van der Waals surface area contributed by atoms with Gasteiger partial charge in [-0.25, -0.2) is 4.79 Å². The average Bonchev–Trinajstić information content (AvgIpc) is 3.30. The van der Waals surface area contributed by atoms with Gasteiger partial charge in [-0.2, -0.15) is 0 Å². The number of amides is 2. The molecule has 0 unspecified atom stereocenters. The Kier molecular flexibility index (Phi) is 7.41. The third-order valence-corrected chi connectivity index (χ3v) is 6.30. The maximum atomic E-state index is 12.9. The lowest BCUT2D eigenvalue weighted by molar-refractivity contribution is -0.120. The first-order chi connectivity index (χ1) is 16.3. The van der Waals surface area contributed by atoms with E-state index in [1.54, 1.807) is 4.90 Å². The summed E-state index contributed by atoms with van der Waals surface area (Å²) in [5.41, 5.74) is 2.67. The van der Waals surface area contributed by atoms with Gasteiger partial charge in [0.1, 0.15) is 11.6 Å². The third-order valence-electron chi connectivity index (χ3n) is 6.30. The van der Waals surface area contributed by atoms with Crippen molar-refractivity contribution < 1.29 is 14.3 Å². The van der Waals surface area contributed by atoms with Crippen LogP contribution in [0.4, 0.5) is 16.2 Å². The summed E-state index contributed by atoms with van der Waals surface area (Å²) in [6, 6.07) is 18.1. The molecule has 4 rings (SSSR count).